The molecule has 2 aromatic rings. The van der Waals surface area contributed by atoms with Crippen molar-refractivity contribution in [3.8, 4) is 11.4 Å². The normalized spacial score (nSPS) is 11.9. The molecule has 4 nitrogen and oxygen atoms in total. The van der Waals surface area contributed by atoms with Crippen LogP contribution in [0.15, 0.2) is 23.0 Å². The minimum absolute atomic E-state index is 0.172. The van der Waals surface area contributed by atoms with E-state index < -0.39 is 0 Å². The second kappa shape index (κ2) is 6.39. The lowest BCUT2D eigenvalue weighted by Gasteiger charge is -2.20. The molecule has 0 fully saturated rings. The van der Waals surface area contributed by atoms with Gasteiger partial charge in [-0.05, 0) is 65.6 Å². The second-order valence-corrected chi connectivity index (χ2v) is 6.49. The Morgan fingerprint density at radius 2 is 1.81 bits per heavy atom. The molecule has 4 heteroatoms. The average molecular weight is 287 g/mol. The molecular formula is C17H25N3O. The molecule has 0 atom stereocenters. The second-order valence-electron chi connectivity index (χ2n) is 6.49. The minimum atomic E-state index is 0.172. The maximum atomic E-state index is 5.10. The van der Waals surface area contributed by atoms with Crippen LogP contribution in [0.25, 0.3) is 11.4 Å². The highest BCUT2D eigenvalue weighted by Gasteiger charge is 2.12. The van der Waals surface area contributed by atoms with Crippen LogP contribution in [-0.2, 0) is 6.42 Å². The number of nitrogens with one attached hydrogen (secondary N) is 1. The molecule has 21 heavy (non-hydrogen) atoms. The first kappa shape index (κ1) is 15.7. The van der Waals surface area contributed by atoms with E-state index in [4.69, 9.17) is 4.42 Å². The lowest BCUT2D eigenvalue weighted by Crippen LogP contribution is -2.36. The van der Waals surface area contributed by atoms with Crippen molar-refractivity contribution in [3.05, 3.63) is 35.5 Å². The van der Waals surface area contributed by atoms with E-state index in [1.165, 1.54) is 5.56 Å². The number of nitrogens with zero attached hydrogens (tertiary/aromatic N) is 2. The summed E-state index contributed by atoms with van der Waals surface area (Å²) in [6.07, 6.45) is 5.43. The van der Waals surface area contributed by atoms with Crippen molar-refractivity contribution in [2.24, 2.45) is 0 Å². The molecule has 0 saturated heterocycles. The van der Waals surface area contributed by atoms with Gasteiger partial charge in [0.25, 0.3) is 0 Å². The Morgan fingerprint density at radius 3 is 2.33 bits per heavy atom. The Labute approximate surface area is 127 Å². The molecule has 1 N–H and O–H groups in total. The summed E-state index contributed by atoms with van der Waals surface area (Å²) in [5.74, 6) is 0.746. The topological polar surface area (TPSA) is 51.0 Å². The lowest BCUT2D eigenvalue weighted by molar-refractivity contribution is 0.422. The molecule has 2 heterocycles. The molecule has 0 bridgehead atoms. The predicted molar refractivity (Wildman–Crippen MR) is 85.3 cm³/mol. The molecule has 0 saturated carbocycles. The highest BCUT2D eigenvalue weighted by Crippen LogP contribution is 2.20. The van der Waals surface area contributed by atoms with Crippen molar-refractivity contribution >= 4 is 0 Å². The van der Waals surface area contributed by atoms with Crippen LogP contribution in [0.5, 0.6) is 0 Å². The molecule has 0 aromatic carbocycles. The van der Waals surface area contributed by atoms with Gasteiger partial charge in [-0.2, -0.15) is 0 Å². The largest absolute Gasteiger partial charge is 0.472 e. The van der Waals surface area contributed by atoms with Gasteiger partial charge in [0.1, 0.15) is 6.26 Å². The van der Waals surface area contributed by atoms with Crippen molar-refractivity contribution in [2.45, 2.75) is 53.0 Å². The molecular weight excluding hydrogens is 262 g/mol. The molecule has 2 aromatic heterocycles. The monoisotopic (exact) mass is 287 g/mol. The molecule has 2 rings (SSSR count). The van der Waals surface area contributed by atoms with E-state index in [2.05, 4.69) is 49.9 Å². The Bertz CT molecular complexity index is 560. The van der Waals surface area contributed by atoms with Crippen LogP contribution in [-0.4, -0.2) is 22.1 Å². The van der Waals surface area contributed by atoms with E-state index in [0.29, 0.717) is 0 Å². The van der Waals surface area contributed by atoms with Crippen molar-refractivity contribution < 1.29 is 4.42 Å². The van der Waals surface area contributed by atoms with Crippen molar-refractivity contribution in [1.29, 1.82) is 0 Å². The summed E-state index contributed by atoms with van der Waals surface area (Å²) in [6, 6.07) is 1.89. The molecule has 0 aliphatic carbocycles. The Morgan fingerprint density at radius 1 is 1.14 bits per heavy atom. The fraction of sp³-hybridized carbons (Fsp3) is 0.529. The molecule has 0 unspecified atom stereocenters. The number of aryl methyl sites for hydroxylation is 2. The molecule has 0 spiro atoms. The van der Waals surface area contributed by atoms with Gasteiger partial charge in [-0.25, -0.2) is 9.97 Å². The Balaban J connectivity index is 2.04. The minimum Gasteiger partial charge on any atom is -0.472 e. The van der Waals surface area contributed by atoms with Crippen molar-refractivity contribution in [1.82, 2.24) is 15.3 Å². The van der Waals surface area contributed by atoms with Crippen molar-refractivity contribution in [2.75, 3.05) is 6.54 Å². The van der Waals surface area contributed by atoms with Gasteiger partial charge < -0.3 is 9.73 Å². The smallest absolute Gasteiger partial charge is 0.162 e. The zero-order valence-electron chi connectivity index (χ0n) is 13.7. The van der Waals surface area contributed by atoms with Gasteiger partial charge in [0, 0.05) is 16.9 Å². The third kappa shape index (κ3) is 4.39. The summed E-state index contributed by atoms with van der Waals surface area (Å²) in [5.41, 5.74) is 4.50. The van der Waals surface area contributed by atoms with Crippen LogP contribution in [0.4, 0.5) is 0 Å². The van der Waals surface area contributed by atoms with Gasteiger partial charge in [-0.15, -0.1) is 0 Å². The average Bonchev–Trinajstić information content (AvgIpc) is 2.89. The zero-order chi connectivity index (χ0) is 15.5. The molecule has 0 aliphatic heterocycles. The Hall–Kier alpha value is -1.68. The van der Waals surface area contributed by atoms with Crippen LogP contribution < -0.4 is 5.32 Å². The molecule has 0 amide bonds. The van der Waals surface area contributed by atoms with E-state index in [1.807, 2.05) is 6.07 Å². The van der Waals surface area contributed by atoms with E-state index in [1.54, 1.807) is 12.5 Å². The van der Waals surface area contributed by atoms with Crippen LogP contribution in [0.1, 0.15) is 44.1 Å². The zero-order valence-corrected chi connectivity index (χ0v) is 13.7. The van der Waals surface area contributed by atoms with E-state index >= 15 is 0 Å². The number of aromatic nitrogens is 2. The third-order valence-corrected chi connectivity index (χ3v) is 3.46. The van der Waals surface area contributed by atoms with Crippen LogP contribution >= 0.6 is 0 Å². The van der Waals surface area contributed by atoms with Crippen LogP contribution in [0, 0.1) is 13.8 Å². The first-order chi connectivity index (χ1) is 9.87. The first-order valence-corrected chi connectivity index (χ1v) is 7.48. The predicted octanol–water partition coefficient (Wildman–Crippen LogP) is 3.67. The van der Waals surface area contributed by atoms with Crippen molar-refractivity contribution in [3.63, 3.8) is 0 Å². The number of hydrogen-bond donors (Lipinski definition) is 1. The fourth-order valence-corrected chi connectivity index (χ4v) is 2.35. The standard InChI is InChI=1S/C17H25N3O/c1-12-15(7-6-9-18-17(3,4)5)13(2)20-16(19-12)14-8-10-21-11-14/h8,10-11,18H,6-7,9H2,1-5H3. The molecule has 0 aliphatic rings. The summed E-state index contributed by atoms with van der Waals surface area (Å²) >= 11 is 0. The van der Waals surface area contributed by atoms with E-state index in [-0.39, 0.29) is 5.54 Å². The van der Waals surface area contributed by atoms with Gasteiger partial charge in [0.2, 0.25) is 0 Å². The van der Waals surface area contributed by atoms with Gasteiger partial charge in [0.05, 0.1) is 11.8 Å². The van der Waals surface area contributed by atoms with Gasteiger partial charge in [0.15, 0.2) is 5.82 Å². The highest BCUT2D eigenvalue weighted by atomic mass is 16.3. The fourth-order valence-electron chi connectivity index (χ4n) is 2.35. The lowest BCUT2D eigenvalue weighted by atomic mass is 10.0. The van der Waals surface area contributed by atoms with E-state index in [9.17, 15) is 0 Å². The summed E-state index contributed by atoms with van der Waals surface area (Å²) in [6.45, 7) is 11.7. The van der Waals surface area contributed by atoms with Crippen LogP contribution in [0.2, 0.25) is 0 Å². The van der Waals surface area contributed by atoms with Crippen LogP contribution in [0.3, 0.4) is 0 Å². The summed E-state index contributed by atoms with van der Waals surface area (Å²) in [4.78, 5) is 9.22. The number of furan rings is 1. The summed E-state index contributed by atoms with van der Waals surface area (Å²) in [5, 5.41) is 3.51. The Kier molecular flexibility index (Phi) is 4.78. The van der Waals surface area contributed by atoms with Gasteiger partial charge in [-0.1, -0.05) is 0 Å². The summed E-state index contributed by atoms with van der Waals surface area (Å²) < 4.78 is 5.10. The SMILES string of the molecule is Cc1nc(-c2ccoc2)nc(C)c1CCCNC(C)(C)C. The summed E-state index contributed by atoms with van der Waals surface area (Å²) in [7, 11) is 0. The quantitative estimate of drug-likeness (QED) is 0.852. The van der Waals surface area contributed by atoms with Gasteiger partial charge >= 0.3 is 0 Å². The van der Waals surface area contributed by atoms with Gasteiger partial charge in [-0.3, -0.25) is 0 Å². The maximum Gasteiger partial charge on any atom is 0.162 e. The molecule has 114 valence electrons. The first-order valence-electron chi connectivity index (χ1n) is 7.48. The highest BCUT2D eigenvalue weighted by molar-refractivity contribution is 5.53. The molecule has 0 radical (unpaired) electrons. The third-order valence-electron chi connectivity index (χ3n) is 3.46. The maximum absolute atomic E-state index is 5.10. The van der Waals surface area contributed by atoms with E-state index in [0.717, 1.165) is 42.2 Å². The number of hydrogen-bond acceptors (Lipinski definition) is 4. The number of rotatable bonds is 5.